The molecule has 0 unspecified atom stereocenters. The van der Waals surface area contributed by atoms with Crippen molar-refractivity contribution in [3.05, 3.63) is 146 Å². The van der Waals surface area contributed by atoms with Crippen molar-refractivity contribution in [2.24, 2.45) is 0 Å². The van der Waals surface area contributed by atoms with Gasteiger partial charge in [-0.3, -0.25) is 4.79 Å². The summed E-state index contributed by atoms with van der Waals surface area (Å²) in [5, 5.41) is 0. The number of rotatable bonds is 8. The summed E-state index contributed by atoms with van der Waals surface area (Å²) in [6.07, 6.45) is 0. The second kappa shape index (κ2) is 11.4. The molecule has 0 fully saturated rings. The number of nitrogens with zero attached hydrogens (tertiary/aromatic N) is 1. The van der Waals surface area contributed by atoms with Gasteiger partial charge in [-0.25, -0.2) is 4.79 Å². The van der Waals surface area contributed by atoms with Gasteiger partial charge in [0.2, 0.25) is 0 Å². The van der Waals surface area contributed by atoms with E-state index in [1.165, 1.54) is 6.92 Å². The van der Waals surface area contributed by atoms with E-state index in [-0.39, 0.29) is 11.3 Å². The van der Waals surface area contributed by atoms with E-state index >= 15 is 0 Å². The molecule has 0 aliphatic rings. The first-order valence-corrected chi connectivity index (χ1v) is 12.6. The molecule has 4 heteroatoms. The molecule has 0 aliphatic heterocycles. The molecular weight excluding hydrogens is 482 g/mol. The summed E-state index contributed by atoms with van der Waals surface area (Å²) in [7, 11) is 0. The zero-order valence-corrected chi connectivity index (χ0v) is 21.6. The number of anilines is 3. The molecule has 5 rings (SSSR count). The molecule has 0 amide bonds. The number of benzene rings is 5. The lowest BCUT2D eigenvalue weighted by atomic mass is 10.0. The molecule has 0 radical (unpaired) electrons. The molecule has 5 aromatic carbocycles. The van der Waals surface area contributed by atoms with Crippen LogP contribution in [0, 0.1) is 0 Å². The van der Waals surface area contributed by atoms with Gasteiger partial charge in [0, 0.05) is 17.1 Å². The summed E-state index contributed by atoms with van der Waals surface area (Å²) in [5.41, 5.74) is 7.53. The zero-order valence-electron chi connectivity index (χ0n) is 21.6. The molecule has 0 N–H and O–H groups in total. The Bertz CT molecular complexity index is 1510. The highest BCUT2D eigenvalue weighted by molar-refractivity contribution is 6.40. The normalized spacial score (nSPS) is 10.5. The molecule has 190 valence electrons. The molecule has 0 bridgehead atoms. The lowest BCUT2D eigenvalue weighted by Crippen LogP contribution is -2.20. The van der Waals surface area contributed by atoms with Gasteiger partial charge in [0.05, 0.1) is 0 Å². The monoisotopic (exact) mass is 509 g/mol. The average Bonchev–Trinajstić information content (AvgIpc) is 2.99. The van der Waals surface area contributed by atoms with E-state index in [2.05, 4.69) is 84.3 Å². The van der Waals surface area contributed by atoms with Crippen molar-refractivity contribution >= 4 is 28.8 Å². The second-order valence-corrected chi connectivity index (χ2v) is 9.15. The largest absolute Gasteiger partial charge is 0.421 e. The first-order valence-electron chi connectivity index (χ1n) is 12.6. The SMILES string of the molecule is C=C(C)C(=O)C(=O)Oc1ccc(N(c2ccc(-c3ccccc3)cc2)c2ccc(-c3ccccc3)cc2)cc1. The third-order valence-corrected chi connectivity index (χ3v) is 6.34. The quantitative estimate of drug-likeness (QED) is 0.0910. The fourth-order valence-electron chi connectivity index (χ4n) is 4.31. The summed E-state index contributed by atoms with van der Waals surface area (Å²) < 4.78 is 5.25. The fraction of sp³-hybridized carbons (Fsp3) is 0.0286. The number of esters is 1. The number of ether oxygens (including phenoxy) is 1. The first kappa shape index (κ1) is 25.4. The molecule has 0 spiro atoms. The number of hydrogen-bond donors (Lipinski definition) is 0. The van der Waals surface area contributed by atoms with E-state index in [1.807, 2.05) is 48.5 Å². The van der Waals surface area contributed by atoms with Crippen LogP contribution in [0.5, 0.6) is 5.75 Å². The van der Waals surface area contributed by atoms with Gasteiger partial charge in [-0.2, -0.15) is 0 Å². The number of hydrogen-bond acceptors (Lipinski definition) is 4. The maximum Gasteiger partial charge on any atom is 0.384 e. The van der Waals surface area contributed by atoms with Gasteiger partial charge in [-0.15, -0.1) is 0 Å². The highest BCUT2D eigenvalue weighted by atomic mass is 16.5. The van der Waals surface area contributed by atoms with Crippen molar-refractivity contribution in [2.75, 3.05) is 4.90 Å². The van der Waals surface area contributed by atoms with Crippen molar-refractivity contribution in [1.82, 2.24) is 0 Å². The standard InChI is InChI=1S/C35H27NO3/c1-25(2)34(37)35(38)39-33-23-21-32(22-24-33)36(30-17-13-28(14-18-30)26-9-5-3-6-10-26)31-19-15-29(16-20-31)27-11-7-4-8-12-27/h3-24H,1H2,2H3. The van der Waals surface area contributed by atoms with E-state index in [9.17, 15) is 9.59 Å². The Kier molecular flexibility index (Phi) is 7.46. The minimum absolute atomic E-state index is 0.140. The third-order valence-electron chi connectivity index (χ3n) is 6.34. The Balaban J connectivity index is 1.48. The predicted octanol–water partition coefficient (Wildman–Crippen LogP) is 8.54. The summed E-state index contributed by atoms with van der Waals surface area (Å²) in [6, 6.07) is 44.4. The summed E-state index contributed by atoms with van der Waals surface area (Å²) in [6.45, 7) is 5.00. The number of ketones is 1. The first-order chi connectivity index (χ1) is 19.0. The van der Waals surface area contributed by atoms with Crippen molar-refractivity contribution in [1.29, 1.82) is 0 Å². The highest BCUT2D eigenvalue weighted by Crippen LogP contribution is 2.37. The zero-order chi connectivity index (χ0) is 27.2. The maximum absolute atomic E-state index is 12.1. The Hall–Kier alpha value is -5.22. The smallest absolute Gasteiger partial charge is 0.384 e. The van der Waals surface area contributed by atoms with Crippen LogP contribution in [0.2, 0.25) is 0 Å². The minimum Gasteiger partial charge on any atom is -0.421 e. The lowest BCUT2D eigenvalue weighted by molar-refractivity contribution is -0.145. The van der Waals surface area contributed by atoms with Crippen molar-refractivity contribution < 1.29 is 14.3 Å². The van der Waals surface area contributed by atoms with E-state index in [1.54, 1.807) is 12.1 Å². The molecule has 0 saturated carbocycles. The minimum atomic E-state index is -0.944. The van der Waals surface area contributed by atoms with Crippen LogP contribution in [-0.4, -0.2) is 11.8 Å². The van der Waals surface area contributed by atoms with E-state index in [4.69, 9.17) is 4.74 Å². The molecule has 0 heterocycles. The van der Waals surface area contributed by atoms with Crippen molar-refractivity contribution in [3.63, 3.8) is 0 Å². The van der Waals surface area contributed by atoms with Crippen LogP contribution in [0.15, 0.2) is 146 Å². The second-order valence-electron chi connectivity index (χ2n) is 9.15. The molecular formula is C35H27NO3. The third kappa shape index (κ3) is 5.86. The van der Waals surface area contributed by atoms with Crippen LogP contribution < -0.4 is 9.64 Å². The van der Waals surface area contributed by atoms with Crippen LogP contribution in [0.1, 0.15) is 6.92 Å². The molecule has 0 aromatic heterocycles. The lowest BCUT2D eigenvalue weighted by Gasteiger charge is -2.26. The van der Waals surface area contributed by atoms with E-state index in [0.717, 1.165) is 39.3 Å². The van der Waals surface area contributed by atoms with Gasteiger partial charge < -0.3 is 9.64 Å². The Labute approximate surface area is 228 Å². The van der Waals surface area contributed by atoms with E-state index in [0.29, 0.717) is 0 Å². The van der Waals surface area contributed by atoms with Gasteiger partial charge >= 0.3 is 5.97 Å². The Morgan fingerprint density at radius 2 is 0.897 bits per heavy atom. The van der Waals surface area contributed by atoms with Crippen LogP contribution in [0.3, 0.4) is 0 Å². The summed E-state index contributed by atoms with van der Waals surface area (Å²) in [5.74, 6) is -1.39. The molecule has 0 atom stereocenters. The molecule has 0 aliphatic carbocycles. The van der Waals surface area contributed by atoms with Crippen molar-refractivity contribution in [2.45, 2.75) is 6.92 Å². The Morgan fingerprint density at radius 1 is 0.538 bits per heavy atom. The van der Waals surface area contributed by atoms with E-state index < -0.39 is 11.8 Å². The maximum atomic E-state index is 12.1. The summed E-state index contributed by atoms with van der Waals surface area (Å²) >= 11 is 0. The predicted molar refractivity (Wildman–Crippen MR) is 157 cm³/mol. The number of carbonyl (C=O) groups excluding carboxylic acids is 2. The van der Waals surface area contributed by atoms with Gasteiger partial charge in [-0.05, 0) is 83.3 Å². The van der Waals surface area contributed by atoms with Crippen LogP contribution in [0.25, 0.3) is 22.3 Å². The topological polar surface area (TPSA) is 46.6 Å². The summed E-state index contributed by atoms with van der Waals surface area (Å²) in [4.78, 5) is 26.1. The molecule has 39 heavy (non-hydrogen) atoms. The van der Waals surface area contributed by atoms with Crippen LogP contribution in [0.4, 0.5) is 17.1 Å². The van der Waals surface area contributed by atoms with Gasteiger partial charge in [0.15, 0.2) is 0 Å². The molecule has 4 nitrogen and oxygen atoms in total. The van der Waals surface area contributed by atoms with Crippen LogP contribution >= 0.6 is 0 Å². The number of Topliss-reactive ketones (excluding diaryl/α,β-unsaturated/α-hetero) is 1. The van der Waals surface area contributed by atoms with Gasteiger partial charge in [-0.1, -0.05) is 91.5 Å². The van der Waals surface area contributed by atoms with Gasteiger partial charge in [0.1, 0.15) is 5.75 Å². The van der Waals surface area contributed by atoms with Gasteiger partial charge in [0.25, 0.3) is 5.78 Å². The Morgan fingerprint density at radius 3 is 1.28 bits per heavy atom. The van der Waals surface area contributed by atoms with Crippen molar-refractivity contribution in [3.8, 4) is 28.0 Å². The molecule has 0 saturated heterocycles. The fourth-order valence-corrected chi connectivity index (χ4v) is 4.31. The van der Waals surface area contributed by atoms with Crippen LogP contribution in [-0.2, 0) is 9.59 Å². The molecule has 5 aromatic rings. The highest BCUT2D eigenvalue weighted by Gasteiger charge is 2.18. The number of carbonyl (C=O) groups is 2. The average molecular weight is 510 g/mol.